The van der Waals surface area contributed by atoms with Gasteiger partial charge in [0.1, 0.15) is 0 Å². The summed E-state index contributed by atoms with van der Waals surface area (Å²) in [5.41, 5.74) is -1.91. The van der Waals surface area contributed by atoms with Crippen molar-refractivity contribution in [3.63, 3.8) is 0 Å². The van der Waals surface area contributed by atoms with Crippen LogP contribution in [0, 0.1) is 0 Å². The molecule has 7 heteroatoms. The van der Waals surface area contributed by atoms with Crippen molar-refractivity contribution in [3.8, 4) is 0 Å². The van der Waals surface area contributed by atoms with Crippen LogP contribution in [0.3, 0.4) is 0 Å². The second-order valence-electron chi connectivity index (χ2n) is 3.86. The molecule has 3 N–H and O–H groups in total. The maximum Gasteiger partial charge on any atom is 0.348 e. The van der Waals surface area contributed by atoms with Crippen LogP contribution >= 0.6 is 0 Å². The third kappa shape index (κ3) is 2.82. The predicted octanol–water partition coefficient (Wildman–Crippen LogP) is 0.285. The minimum absolute atomic E-state index is 0.310. The zero-order chi connectivity index (χ0) is 13.1. The number of carboxylic acids is 2. The van der Waals surface area contributed by atoms with Gasteiger partial charge in [-0.15, -0.1) is 0 Å². The molecule has 17 heavy (non-hydrogen) atoms. The summed E-state index contributed by atoms with van der Waals surface area (Å²) in [5, 5.41) is 24.4. The molecule has 0 bridgehead atoms. The maximum absolute atomic E-state index is 11.2. The third-order valence-corrected chi connectivity index (χ3v) is 2.13. The second kappa shape index (κ2) is 4.96. The van der Waals surface area contributed by atoms with Crippen LogP contribution in [0.4, 0.5) is 0 Å². The fraction of sp³-hybridized carbons (Fsp3) is 0.500. The summed E-state index contributed by atoms with van der Waals surface area (Å²) in [6, 6.07) is 1.50. The number of H-pyrrole nitrogens is 1. The number of hydrogen-bond acceptors (Lipinski definition) is 4. The van der Waals surface area contributed by atoms with Gasteiger partial charge >= 0.3 is 11.9 Å². The molecule has 0 aromatic carbocycles. The Kier molecular flexibility index (Phi) is 3.84. The van der Waals surface area contributed by atoms with E-state index in [-0.39, 0.29) is 6.42 Å². The molecule has 0 aliphatic heterocycles. The van der Waals surface area contributed by atoms with Crippen LogP contribution in [0.15, 0.2) is 12.3 Å². The molecule has 0 radical (unpaired) electrons. The molecule has 1 heterocycles. The molecule has 0 amide bonds. The summed E-state index contributed by atoms with van der Waals surface area (Å²) >= 11 is 0. The van der Waals surface area contributed by atoms with Gasteiger partial charge in [-0.2, -0.15) is 5.10 Å². The zero-order valence-electron chi connectivity index (χ0n) is 9.51. The highest BCUT2D eigenvalue weighted by Crippen LogP contribution is 2.20. The van der Waals surface area contributed by atoms with Gasteiger partial charge in [0.15, 0.2) is 0 Å². The number of carboxylic acid groups (broad SMARTS) is 2. The third-order valence-electron chi connectivity index (χ3n) is 2.13. The smallest absolute Gasteiger partial charge is 0.348 e. The molecule has 0 aliphatic rings. The number of carbonyl (C=O) groups is 2. The molecule has 1 aromatic rings. The summed E-state index contributed by atoms with van der Waals surface area (Å²) in [6.45, 7) is 3.15. The van der Waals surface area contributed by atoms with E-state index in [1.807, 2.05) is 0 Å². The van der Waals surface area contributed by atoms with E-state index >= 15 is 0 Å². The molecule has 0 spiro atoms. The Bertz CT molecular complexity index is 385. The van der Waals surface area contributed by atoms with Gasteiger partial charge in [-0.25, -0.2) is 9.59 Å². The second-order valence-corrected chi connectivity index (χ2v) is 3.86. The Morgan fingerprint density at radius 3 is 2.41 bits per heavy atom. The molecule has 1 aromatic heterocycles. The van der Waals surface area contributed by atoms with Crippen molar-refractivity contribution in [3.05, 3.63) is 18.0 Å². The monoisotopic (exact) mass is 242 g/mol. The summed E-state index contributed by atoms with van der Waals surface area (Å²) < 4.78 is 5.09. The van der Waals surface area contributed by atoms with Gasteiger partial charge in [0.2, 0.25) is 0 Å². The summed E-state index contributed by atoms with van der Waals surface area (Å²) in [5.74, 6) is -3.07. The Labute approximate surface area is 97.4 Å². The quantitative estimate of drug-likeness (QED) is 0.618. The molecule has 0 fully saturated rings. The van der Waals surface area contributed by atoms with E-state index in [2.05, 4.69) is 10.2 Å². The lowest BCUT2D eigenvalue weighted by Gasteiger charge is -2.26. The van der Waals surface area contributed by atoms with Crippen LogP contribution in [0.5, 0.6) is 0 Å². The highest BCUT2D eigenvalue weighted by molar-refractivity contribution is 6.02. The largest absolute Gasteiger partial charge is 0.479 e. The molecule has 0 saturated carbocycles. The predicted molar refractivity (Wildman–Crippen MR) is 56.5 cm³/mol. The van der Waals surface area contributed by atoms with E-state index < -0.39 is 23.6 Å². The fourth-order valence-electron chi connectivity index (χ4n) is 1.44. The van der Waals surface area contributed by atoms with Crippen LogP contribution in [-0.4, -0.2) is 44.1 Å². The fourth-order valence-corrected chi connectivity index (χ4v) is 1.44. The van der Waals surface area contributed by atoms with Crippen molar-refractivity contribution in [1.82, 2.24) is 10.2 Å². The lowest BCUT2D eigenvalue weighted by atomic mass is 9.97. The minimum atomic E-state index is -2.29. The average Bonchev–Trinajstić information content (AvgIpc) is 2.67. The number of rotatable bonds is 6. The van der Waals surface area contributed by atoms with Gasteiger partial charge in [0.25, 0.3) is 5.60 Å². The van der Waals surface area contributed by atoms with E-state index in [4.69, 9.17) is 14.9 Å². The van der Waals surface area contributed by atoms with E-state index in [1.54, 1.807) is 13.8 Å². The van der Waals surface area contributed by atoms with Gasteiger partial charge in [0, 0.05) is 18.3 Å². The number of nitrogens with one attached hydrogen (secondary N) is 1. The molecular weight excluding hydrogens is 228 g/mol. The van der Waals surface area contributed by atoms with Crippen molar-refractivity contribution < 1.29 is 24.5 Å². The van der Waals surface area contributed by atoms with E-state index in [0.717, 1.165) is 0 Å². The van der Waals surface area contributed by atoms with Crippen LogP contribution in [-0.2, 0) is 20.7 Å². The van der Waals surface area contributed by atoms with Gasteiger partial charge in [0.05, 0.1) is 6.10 Å². The lowest BCUT2D eigenvalue weighted by molar-refractivity contribution is -0.189. The molecule has 0 unspecified atom stereocenters. The Morgan fingerprint density at radius 1 is 1.47 bits per heavy atom. The maximum atomic E-state index is 11.2. The summed E-state index contributed by atoms with van der Waals surface area (Å²) in [7, 11) is 0. The van der Waals surface area contributed by atoms with Crippen molar-refractivity contribution in [2.45, 2.75) is 32.0 Å². The van der Waals surface area contributed by atoms with E-state index in [1.165, 1.54) is 12.3 Å². The van der Waals surface area contributed by atoms with Gasteiger partial charge in [-0.3, -0.25) is 5.10 Å². The molecule has 0 saturated heterocycles. The van der Waals surface area contributed by atoms with E-state index in [9.17, 15) is 9.59 Å². The highest BCUT2D eigenvalue weighted by atomic mass is 16.6. The number of ether oxygens (including phenoxy) is 1. The summed E-state index contributed by atoms with van der Waals surface area (Å²) in [4.78, 5) is 22.4. The minimum Gasteiger partial charge on any atom is -0.479 e. The van der Waals surface area contributed by atoms with E-state index in [0.29, 0.717) is 5.69 Å². The molecule has 0 aliphatic carbocycles. The van der Waals surface area contributed by atoms with Crippen molar-refractivity contribution in [2.24, 2.45) is 0 Å². The molecule has 7 nitrogen and oxygen atoms in total. The van der Waals surface area contributed by atoms with Crippen LogP contribution in [0.25, 0.3) is 0 Å². The van der Waals surface area contributed by atoms with Gasteiger partial charge in [-0.05, 0) is 19.9 Å². The normalized spacial score (nSPS) is 11.7. The number of aromatic nitrogens is 2. The van der Waals surface area contributed by atoms with Crippen molar-refractivity contribution >= 4 is 11.9 Å². The zero-order valence-corrected chi connectivity index (χ0v) is 9.51. The Hall–Kier alpha value is -1.89. The topological polar surface area (TPSA) is 113 Å². The lowest BCUT2D eigenvalue weighted by Crippen LogP contribution is -2.52. The number of nitrogens with zero attached hydrogens (tertiary/aromatic N) is 1. The van der Waals surface area contributed by atoms with Crippen molar-refractivity contribution in [2.75, 3.05) is 0 Å². The van der Waals surface area contributed by atoms with Crippen LogP contribution in [0.1, 0.15) is 19.5 Å². The van der Waals surface area contributed by atoms with Crippen molar-refractivity contribution in [1.29, 1.82) is 0 Å². The average molecular weight is 242 g/mol. The molecule has 94 valence electrons. The molecule has 1 rings (SSSR count). The first-order valence-corrected chi connectivity index (χ1v) is 5.01. The molecule has 0 atom stereocenters. The first-order valence-electron chi connectivity index (χ1n) is 5.01. The SMILES string of the molecule is CC(C)OC(Cc1ccn[nH]1)(C(=O)O)C(=O)O. The standard InChI is InChI=1S/C10H14N2O5/c1-6(2)17-10(8(13)14,9(15)16)5-7-3-4-11-12-7/h3-4,6H,5H2,1-2H3,(H,11,12)(H,13,14)(H,15,16). The van der Waals surface area contributed by atoms with Crippen LogP contribution < -0.4 is 0 Å². The van der Waals surface area contributed by atoms with Gasteiger partial charge < -0.3 is 14.9 Å². The summed E-state index contributed by atoms with van der Waals surface area (Å²) in [6.07, 6.45) is 0.583. The number of aliphatic carboxylic acids is 2. The van der Waals surface area contributed by atoms with Crippen LogP contribution in [0.2, 0.25) is 0 Å². The highest BCUT2D eigenvalue weighted by Gasteiger charge is 2.49. The first kappa shape index (κ1) is 13.2. The van der Waals surface area contributed by atoms with Gasteiger partial charge in [-0.1, -0.05) is 0 Å². The number of hydrogen-bond donors (Lipinski definition) is 3. The Balaban J connectivity index is 3.06. The number of aromatic amines is 1. The first-order chi connectivity index (χ1) is 7.88. The Morgan fingerprint density at radius 2 is 2.06 bits per heavy atom. The molecular formula is C10H14N2O5.